The second-order valence-electron chi connectivity index (χ2n) is 5.26. The van der Waals surface area contributed by atoms with Gasteiger partial charge in [0.2, 0.25) is 5.82 Å². The van der Waals surface area contributed by atoms with E-state index in [0.717, 1.165) is 17.9 Å². The smallest absolute Gasteiger partial charge is 0.333 e. The number of thioether (sulfide) groups is 1. The van der Waals surface area contributed by atoms with Crippen LogP contribution in [0.3, 0.4) is 0 Å². The zero-order valence-electron chi connectivity index (χ0n) is 12.4. The minimum Gasteiger partial charge on any atom is -0.333 e. The highest BCUT2D eigenvalue weighted by Crippen LogP contribution is 2.31. The van der Waals surface area contributed by atoms with E-state index in [4.69, 9.17) is 4.52 Å². The summed E-state index contributed by atoms with van der Waals surface area (Å²) in [6, 6.07) is 4.38. The minimum absolute atomic E-state index is 0.0143. The Hall–Kier alpha value is -2.62. The van der Waals surface area contributed by atoms with Gasteiger partial charge in [-0.2, -0.15) is 18.2 Å². The van der Waals surface area contributed by atoms with Gasteiger partial charge in [-0.15, -0.1) is 0 Å². The standard InChI is InChI=1S/C15H9F3N4O2S/c16-15(17,18)9-3-1-8(2-4-9)11-20-12(24-21-11)10-7-19-14-22(13(10)23)5-6-25-14/h1-4,7H,5-6H2. The highest BCUT2D eigenvalue weighted by Gasteiger charge is 2.30. The van der Waals surface area contributed by atoms with Gasteiger partial charge in [0, 0.05) is 24.1 Å². The number of fused-ring (bicyclic) bond motifs is 1. The molecule has 0 aliphatic carbocycles. The van der Waals surface area contributed by atoms with Crippen LogP contribution in [0.5, 0.6) is 0 Å². The number of halogens is 3. The lowest BCUT2D eigenvalue weighted by Gasteiger charge is -2.05. The van der Waals surface area contributed by atoms with Gasteiger partial charge < -0.3 is 4.52 Å². The molecule has 4 rings (SSSR count). The van der Waals surface area contributed by atoms with Crippen molar-refractivity contribution in [2.24, 2.45) is 0 Å². The van der Waals surface area contributed by atoms with Gasteiger partial charge in [0.25, 0.3) is 11.4 Å². The predicted octanol–water partition coefficient (Wildman–Crippen LogP) is 3.08. The highest BCUT2D eigenvalue weighted by atomic mass is 32.2. The number of hydrogen-bond donors (Lipinski definition) is 0. The summed E-state index contributed by atoms with van der Waals surface area (Å²) >= 11 is 1.48. The maximum absolute atomic E-state index is 12.6. The molecule has 0 radical (unpaired) electrons. The molecular formula is C15H9F3N4O2S. The Morgan fingerprint density at radius 1 is 1.20 bits per heavy atom. The SMILES string of the molecule is O=c1c(-c2nc(-c3ccc(C(F)(F)F)cc3)no2)cnc2n1CCS2. The van der Waals surface area contributed by atoms with E-state index in [1.807, 2.05) is 0 Å². The van der Waals surface area contributed by atoms with Gasteiger partial charge in [0.1, 0.15) is 5.56 Å². The minimum atomic E-state index is -4.41. The topological polar surface area (TPSA) is 73.8 Å². The number of rotatable bonds is 2. The summed E-state index contributed by atoms with van der Waals surface area (Å²) in [7, 11) is 0. The maximum Gasteiger partial charge on any atom is 0.416 e. The third kappa shape index (κ3) is 2.82. The number of benzene rings is 1. The van der Waals surface area contributed by atoms with E-state index in [9.17, 15) is 18.0 Å². The molecule has 128 valence electrons. The average molecular weight is 366 g/mol. The normalized spacial score (nSPS) is 13.9. The first kappa shape index (κ1) is 15.9. The van der Waals surface area contributed by atoms with Gasteiger partial charge in [-0.3, -0.25) is 9.36 Å². The zero-order valence-corrected chi connectivity index (χ0v) is 13.3. The van der Waals surface area contributed by atoms with E-state index in [2.05, 4.69) is 15.1 Å². The largest absolute Gasteiger partial charge is 0.416 e. The Morgan fingerprint density at radius 2 is 1.96 bits per heavy atom. The molecule has 10 heteroatoms. The molecule has 0 bridgehead atoms. The van der Waals surface area contributed by atoms with E-state index in [1.165, 1.54) is 34.7 Å². The molecular weight excluding hydrogens is 357 g/mol. The van der Waals surface area contributed by atoms with Crippen LogP contribution in [0.25, 0.3) is 22.8 Å². The average Bonchev–Trinajstić information content (AvgIpc) is 3.24. The van der Waals surface area contributed by atoms with Crippen LogP contribution in [0.2, 0.25) is 0 Å². The molecule has 1 aliphatic rings. The van der Waals surface area contributed by atoms with Gasteiger partial charge in [-0.1, -0.05) is 29.1 Å². The molecule has 3 heterocycles. The van der Waals surface area contributed by atoms with Crippen LogP contribution in [0.4, 0.5) is 13.2 Å². The van der Waals surface area contributed by atoms with Crippen molar-refractivity contribution in [2.75, 3.05) is 5.75 Å². The molecule has 6 nitrogen and oxygen atoms in total. The van der Waals surface area contributed by atoms with E-state index in [-0.39, 0.29) is 22.8 Å². The summed E-state index contributed by atoms with van der Waals surface area (Å²) in [6.07, 6.45) is -3.04. The first-order chi connectivity index (χ1) is 11.9. The van der Waals surface area contributed by atoms with Gasteiger partial charge in [0.15, 0.2) is 5.16 Å². The van der Waals surface area contributed by atoms with Crippen molar-refractivity contribution in [1.82, 2.24) is 19.7 Å². The molecule has 25 heavy (non-hydrogen) atoms. The lowest BCUT2D eigenvalue weighted by molar-refractivity contribution is -0.137. The number of alkyl halides is 3. The van der Waals surface area contributed by atoms with Crippen LogP contribution in [0.1, 0.15) is 5.56 Å². The fourth-order valence-electron chi connectivity index (χ4n) is 2.42. The first-order valence-corrected chi connectivity index (χ1v) is 8.16. The fourth-order valence-corrected chi connectivity index (χ4v) is 3.34. The van der Waals surface area contributed by atoms with Crippen molar-refractivity contribution >= 4 is 11.8 Å². The van der Waals surface area contributed by atoms with Gasteiger partial charge in [-0.05, 0) is 12.1 Å². The van der Waals surface area contributed by atoms with Crippen molar-refractivity contribution in [2.45, 2.75) is 17.9 Å². The molecule has 0 saturated carbocycles. The van der Waals surface area contributed by atoms with Crippen molar-refractivity contribution in [3.63, 3.8) is 0 Å². The predicted molar refractivity (Wildman–Crippen MR) is 83.0 cm³/mol. The summed E-state index contributed by atoms with van der Waals surface area (Å²) in [4.78, 5) is 20.7. The molecule has 1 aromatic carbocycles. The quantitative estimate of drug-likeness (QED) is 0.649. The molecule has 0 saturated heterocycles. The van der Waals surface area contributed by atoms with E-state index < -0.39 is 11.7 Å². The number of nitrogens with zero attached hydrogens (tertiary/aromatic N) is 4. The van der Waals surface area contributed by atoms with Gasteiger partial charge in [-0.25, -0.2) is 4.98 Å². The van der Waals surface area contributed by atoms with Crippen LogP contribution in [0, 0.1) is 0 Å². The first-order valence-electron chi connectivity index (χ1n) is 7.18. The molecule has 0 fully saturated rings. The number of aromatic nitrogens is 4. The Labute approximate surface area is 142 Å². The fraction of sp³-hybridized carbons (Fsp3) is 0.200. The molecule has 0 N–H and O–H groups in total. The molecule has 0 spiro atoms. The van der Waals surface area contributed by atoms with Crippen molar-refractivity contribution in [3.05, 3.63) is 46.4 Å². The molecule has 0 unspecified atom stereocenters. The number of hydrogen-bond acceptors (Lipinski definition) is 6. The van der Waals surface area contributed by atoms with Gasteiger partial charge >= 0.3 is 6.18 Å². The molecule has 0 atom stereocenters. The molecule has 2 aromatic heterocycles. The summed E-state index contributed by atoms with van der Waals surface area (Å²) in [5.41, 5.74) is -0.527. The maximum atomic E-state index is 12.6. The Morgan fingerprint density at radius 3 is 2.68 bits per heavy atom. The Bertz CT molecular complexity index is 995. The second kappa shape index (κ2) is 5.73. The lowest BCUT2D eigenvalue weighted by atomic mass is 10.1. The Balaban J connectivity index is 1.68. The molecule has 1 aliphatic heterocycles. The molecule has 0 amide bonds. The summed E-state index contributed by atoms with van der Waals surface area (Å²) in [6.45, 7) is 0.555. The van der Waals surface area contributed by atoms with Crippen LogP contribution in [-0.4, -0.2) is 25.4 Å². The summed E-state index contributed by atoms with van der Waals surface area (Å²) in [5.74, 6) is 0.856. The van der Waals surface area contributed by atoms with Crippen LogP contribution >= 0.6 is 11.8 Å². The Kier molecular flexibility index (Phi) is 3.64. The second-order valence-corrected chi connectivity index (χ2v) is 6.32. The van der Waals surface area contributed by atoms with Crippen LogP contribution < -0.4 is 5.56 Å². The van der Waals surface area contributed by atoms with Crippen molar-refractivity contribution < 1.29 is 17.7 Å². The van der Waals surface area contributed by atoms with Crippen LogP contribution in [0.15, 0.2) is 44.9 Å². The van der Waals surface area contributed by atoms with E-state index in [0.29, 0.717) is 17.3 Å². The zero-order chi connectivity index (χ0) is 17.6. The monoisotopic (exact) mass is 366 g/mol. The third-order valence-electron chi connectivity index (χ3n) is 3.68. The van der Waals surface area contributed by atoms with Gasteiger partial charge in [0.05, 0.1) is 5.56 Å². The third-order valence-corrected chi connectivity index (χ3v) is 4.65. The highest BCUT2D eigenvalue weighted by molar-refractivity contribution is 7.99. The van der Waals surface area contributed by atoms with Crippen molar-refractivity contribution in [3.8, 4) is 22.8 Å². The lowest BCUT2D eigenvalue weighted by Crippen LogP contribution is -2.21. The van der Waals surface area contributed by atoms with Crippen LogP contribution in [-0.2, 0) is 12.7 Å². The molecule has 3 aromatic rings. The van der Waals surface area contributed by atoms with Crippen molar-refractivity contribution in [1.29, 1.82) is 0 Å². The summed E-state index contributed by atoms with van der Waals surface area (Å²) < 4.78 is 44.4. The van der Waals surface area contributed by atoms with E-state index in [1.54, 1.807) is 0 Å². The summed E-state index contributed by atoms with van der Waals surface area (Å²) in [5, 5.41) is 4.38. The van der Waals surface area contributed by atoms with E-state index >= 15 is 0 Å².